The molecule has 0 bridgehead atoms. The molecule has 0 aliphatic rings. The number of phenolic OH excluding ortho intramolecular Hbond substituents is 1. The summed E-state index contributed by atoms with van der Waals surface area (Å²) in [5.74, 6) is 0.158. The number of rotatable bonds is 4. The first-order valence-electron chi connectivity index (χ1n) is 4.17. The van der Waals surface area contributed by atoms with E-state index in [1.807, 2.05) is 0 Å². The average Bonchev–Trinajstić information content (AvgIpc) is 2.09. The summed E-state index contributed by atoms with van der Waals surface area (Å²) in [6.07, 6.45) is 0.681. The zero-order valence-electron chi connectivity index (χ0n) is 7.33. The number of nitrogens with one attached hydrogen (secondary N) is 1. The number of nitrogens with two attached hydrogens (primary N) is 1. The lowest BCUT2D eigenvalue weighted by Crippen LogP contribution is -2.05. The molecule has 13 heavy (non-hydrogen) atoms. The molecule has 0 aliphatic carbocycles. The van der Waals surface area contributed by atoms with Crippen molar-refractivity contribution >= 4 is 11.4 Å². The summed E-state index contributed by atoms with van der Waals surface area (Å²) in [6.45, 7) is 0.830. The van der Waals surface area contributed by atoms with Gasteiger partial charge in [-0.25, -0.2) is 0 Å². The predicted molar refractivity (Wildman–Crippen MR) is 52.7 cm³/mol. The summed E-state index contributed by atoms with van der Waals surface area (Å²) < 4.78 is 0. The highest BCUT2D eigenvalue weighted by Crippen LogP contribution is 2.22. The highest BCUT2D eigenvalue weighted by atomic mass is 16.3. The SMILES string of the molecule is Nc1cc(O)ccc1NCCCO. The Morgan fingerprint density at radius 2 is 2.15 bits per heavy atom. The molecule has 0 heterocycles. The van der Waals surface area contributed by atoms with Gasteiger partial charge in [-0.1, -0.05) is 0 Å². The largest absolute Gasteiger partial charge is 0.508 e. The van der Waals surface area contributed by atoms with E-state index < -0.39 is 0 Å². The van der Waals surface area contributed by atoms with E-state index in [0.29, 0.717) is 18.7 Å². The lowest BCUT2D eigenvalue weighted by atomic mass is 10.2. The van der Waals surface area contributed by atoms with Crippen molar-refractivity contribution in [3.8, 4) is 5.75 Å². The van der Waals surface area contributed by atoms with E-state index in [1.54, 1.807) is 12.1 Å². The molecule has 72 valence electrons. The molecule has 0 spiro atoms. The monoisotopic (exact) mass is 182 g/mol. The Balaban J connectivity index is 2.56. The molecule has 0 radical (unpaired) electrons. The fourth-order valence-corrected chi connectivity index (χ4v) is 1.01. The van der Waals surface area contributed by atoms with Crippen LogP contribution < -0.4 is 11.1 Å². The minimum Gasteiger partial charge on any atom is -0.508 e. The number of anilines is 2. The molecule has 1 aromatic rings. The van der Waals surface area contributed by atoms with Gasteiger partial charge < -0.3 is 21.3 Å². The Morgan fingerprint density at radius 3 is 2.77 bits per heavy atom. The van der Waals surface area contributed by atoms with Crippen molar-refractivity contribution in [2.75, 3.05) is 24.2 Å². The number of aromatic hydroxyl groups is 1. The van der Waals surface area contributed by atoms with Crippen molar-refractivity contribution in [2.45, 2.75) is 6.42 Å². The minimum absolute atomic E-state index is 0.158. The van der Waals surface area contributed by atoms with Crippen LogP contribution in [0.3, 0.4) is 0 Å². The second-order valence-electron chi connectivity index (χ2n) is 2.78. The van der Waals surface area contributed by atoms with Gasteiger partial charge in [0.2, 0.25) is 0 Å². The maximum atomic E-state index is 9.06. The van der Waals surface area contributed by atoms with Crippen molar-refractivity contribution in [2.24, 2.45) is 0 Å². The van der Waals surface area contributed by atoms with Crippen LogP contribution in [0.15, 0.2) is 18.2 Å². The zero-order chi connectivity index (χ0) is 9.68. The van der Waals surface area contributed by atoms with Crippen LogP contribution in [-0.2, 0) is 0 Å². The molecule has 0 unspecified atom stereocenters. The summed E-state index contributed by atoms with van der Waals surface area (Å²) >= 11 is 0. The quantitative estimate of drug-likeness (QED) is 0.315. The van der Waals surface area contributed by atoms with Crippen molar-refractivity contribution in [3.63, 3.8) is 0 Å². The molecule has 5 N–H and O–H groups in total. The molecule has 4 heteroatoms. The maximum Gasteiger partial charge on any atom is 0.117 e. The van der Waals surface area contributed by atoms with E-state index in [1.165, 1.54) is 6.07 Å². The molecule has 0 atom stereocenters. The molecule has 0 saturated carbocycles. The highest BCUT2D eigenvalue weighted by molar-refractivity contribution is 5.67. The van der Waals surface area contributed by atoms with Gasteiger partial charge in [0.25, 0.3) is 0 Å². The molecule has 0 aliphatic heterocycles. The molecular weight excluding hydrogens is 168 g/mol. The lowest BCUT2D eigenvalue weighted by molar-refractivity contribution is 0.292. The molecule has 0 amide bonds. The van der Waals surface area contributed by atoms with Crippen LogP contribution >= 0.6 is 0 Å². The Labute approximate surface area is 77.0 Å². The van der Waals surface area contributed by atoms with E-state index in [-0.39, 0.29) is 12.4 Å². The normalized spacial score (nSPS) is 9.92. The smallest absolute Gasteiger partial charge is 0.117 e. The number of nitrogen functional groups attached to an aromatic ring is 1. The van der Waals surface area contributed by atoms with Crippen LogP contribution in [0.5, 0.6) is 5.75 Å². The Hall–Kier alpha value is -1.42. The number of aliphatic hydroxyl groups excluding tert-OH is 1. The summed E-state index contributed by atoms with van der Waals surface area (Å²) in [5, 5.41) is 20.7. The number of phenols is 1. The number of aliphatic hydroxyl groups is 1. The molecule has 4 nitrogen and oxygen atoms in total. The van der Waals surface area contributed by atoms with E-state index in [4.69, 9.17) is 15.9 Å². The van der Waals surface area contributed by atoms with E-state index >= 15 is 0 Å². The Morgan fingerprint density at radius 1 is 1.38 bits per heavy atom. The molecule has 0 aromatic heterocycles. The first-order chi connectivity index (χ1) is 6.24. The predicted octanol–water partition coefficient (Wildman–Crippen LogP) is 0.769. The summed E-state index contributed by atoms with van der Waals surface area (Å²) in [6, 6.07) is 4.76. The third-order valence-electron chi connectivity index (χ3n) is 1.69. The van der Waals surface area contributed by atoms with Crippen LogP contribution in [-0.4, -0.2) is 23.4 Å². The van der Waals surface area contributed by atoms with Gasteiger partial charge in [-0.15, -0.1) is 0 Å². The van der Waals surface area contributed by atoms with Crippen molar-refractivity contribution in [1.82, 2.24) is 0 Å². The molecule has 0 saturated heterocycles. The lowest BCUT2D eigenvalue weighted by Gasteiger charge is -2.08. The molecule has 1 aromatic carbocycles. The van der Waals surface area contributed by atoms with Gasteiger partial charge in [-0.3, -0.25) is 0 Å². The molecule has 0 fully saturated rings. The Bertz CT molecular complexity index is 276. The summed E-state index contributed by atoms with van der Waals surface area (Å²) in [7, 11) is 0. The number of hydrogen-bond acceptors (Lipinski definition) is 4. The minimum atomic E-state index is 0.158. The molecule has 1 rings (SSSR count). The third kappa shape index (κ3) is 2.83. The van der Waals surface area contributed by atoms with Gasteiger partial charge in [0.15, 0.2) is 0 Å². The average molecular weight is 182 g/mol. The Kier molecular flexibility index (Phi) is 3.40. The van der Waals surface area contributed by atoms with Crippen molar-refractivity contribution < 1.29 is 10.2 Å². The fraction of sp³-hybridized carbons (Fsp3) is 0.333. The van der Waals surface area contributed by atoms with Gasteiger partial charge in [-0.05, 0) is 18.6 Å². The second kappa shape index (κ2) is 4.57. The second-order valence-corrected chi connectivity index (χ2v) is 2.78. The number of hydrogen-bond donors (Lipinski definition) is 4. The van der Waals surface area contributed by atoms with Gasteiger partial charge in [0.1, 0.15) is 5.75 Å². The maximum absolute atomic E-state index is 9.06. The summed E-state index contributed by atoms with van der Waals surface area (Å²) in [5.41, 5.74) is 6.91. The highest BCUT2D eigenvalue weighted by Gasteiger charge is 1.98. The zero-order valence-corrected chi connectivity index (χ0v) is 7.33. The van der Waals surface area contributed by atoms with Gasteiger partial charge >= 0.3 is 0 Å². The van der Waals surface area contributed by atoms with Crippen molar-refractivity contribution in [3.05, 3.63) is 18.2 Å². The standard InChI is InChI=1S/C9H14N2O2/c10-8-6-7(13)2-3-9(8)11-4-1-5-12/h2-3,6,11-13H,1,4-5,10H2. The van der Waals surface area contributed by atoms with Crippen LogP contribution in [0, 0.1) is 0 Å². The fourth-order valence-electron chi connectivity index (χ4n) is 1.01. The first-order valence-corrected chi connectivity index (χ1v) is 4.17. The van der Waals surface area contributed by atoms with Crippen LogP contribution in [0.25, 0.3) is 0 Å². The van der Waals surface area contributed by atoms with Gasteiger partial charge in [0, 0.05) is 19.2 Å². The summed E-state index contributed by atoms with van der Waals surface area (Å²) in [4.78, 5) is 0. The first kappa shape index (κ1) is 9.67. The van der Waals surface area contributed by atoms with E-state index in [9.17, 15) is 0 Å². The van der Waals surface area contributed by atoms with E-state index in [2.05, 4.69) is 5.32 Å². The van der Waals surface area contributed by atoms with Crippen LogP contribution in [0.1, 0.15) is 6.42 Å². The van der Waals surface area contributed by atoms with E-state index in [0.717, 1.165) is 5.69 Å². The van der Waals surface area contributed by atoms with Crippen molar-refractivity contribution in [1.29, 1.82) is 0 Å². The van der Waals surface area contributed by atoms with Crippen LogP contribution in [0.4, 0.5) is 11.4 Å². The van der Waals surface area contributed by atoms with Gasteiger partial charge in [0.05, 0.1) is 11.4 Å². The third-order valence-corrected chi connectivity index (χ3v) is 1.69. The van der Waals surface area contributed by atoms with Crippen LogP contribution in [0.2, 0.25) is 0 Å². The van der Waals surface area contributed by atoms with Gasteiger partial charge in [-0.2, -0.15) is 0 Å². The number of benzene rings is 1. The topological polar surface area (TPSA) is 78.5 Å². The molecular formula is C9H14N2O2.